The maximum absolute atomic E-state index is 7.13. The summed E-state index contributed by atoms with van der Waals surface area (Å²) in [5, 5.41) is 2.36. The Morgan fingerprint density at radius 2 is 1.14 bits per heavy atom. The molecule has 1 aliphatic heterocycles. The van der Waals surface area contributed by atoms with E-state index in [1.807, 2.05) is 6.20 Å². The van der Waals surface area contributed by atoms with Crippen LogP contribution in [0.4, 0.5) is 22.7 Å². The number of hydrogen-bond donors (Lipinski definition) is 0. The highest BCUT2D eigenvalue weighted by Gasteiger charge is 2.44. The van der Waals surface area contributed by atoms with Crippen molar-refractivity contribution in [2.45, 2.75) is 38.0 Å². The molecule has 9 aromatic rings. The van der Waals surface area contributed by atoms with Gasteiger partial charge in [-0.15, -0.1) is 0 Å². The van der Waals surface area contributed by atoms with E-state index in [-0.39, 0.29) is 17.3 Å². The van der Waals surface area contributed by atoms with Crippen LogP contribution in [0.15, 0.2) is 176 Å². The molecule has 0 saturated heterocycles. The van der Waals surface area contributed by atoms with Crippen molar-refractivity contribution in [3.05, 3.63) is 215 Å². The van der Waals surface area contributed by atoms with Crippen LogP contribution in [-0.4, -0.2) is 16.2 Å². The molecule has 2 aromatic heterocycles. The Balaban J connectivity index is 1.05. The lowest BCUT2D eigenvalue weighted by Crippen LogP contribution is -2.31. The van der Waals surface area contributed by atoms with Crippen molar-refractivity contribution in [3.8, 4) is 17.3 Å². The van der Waals surface area contributed by atoms with Gasteiger partial charge in [-0.2, -0.15) is 0 Å². The SMILES string of the molecule is CC(C)(C)c1ccnc(-n2c3ccccc3c3ccc(Oc4cc5c(c(N6CN(c7ccccc7)c7ccccc76)c4)C4c6ccccc6C5c5ccccc54)cc32)c1. The number of para-hydroxylation sites is 4. The Morgan fingerprint density at radius 3 is 1.86 bits per heavy atom. The highest BCUT2D eigenvalue weighted by atomic mass is 16.5. The summed E-state index contributed by atoms with van der Waals surface area (Å²) in [5.74, 6) is 2.72. The van der Waals surface area contributed by atoms with E-state index >= 15 is 0 Å². The third kappa shape index (κ3) is 5.14. The first-order valence-electron chi connectivity index (χ1n) is 20.6. The Labute approximate surface area is 344 Å². The third-order valence-electron chi connectivity index (χ3n) is 12.8. The monoisotopic (exact) mass is 762 g/mol. The van der Waals surface area contributed by atoms with Gasteiger partial charge in [0.1, 0.15) is 24.0 Å². The molecule has 4 aliphatic rings. The average Bonchev–Trinajstić information content (AvgIpc) is 3.82. The summed E-state index contributed by atoms with van der Waals surface area (Å²) in [6.07, 6.45) is 1.94. The van der Waals surface area contributed by atoms with Crippen LogP contribution in [0.1, 0.15) is 71.6 Å². The molecule has 0 unspecified atom stereocenters. The van der Waals surface area contributed by atoms with E-state index in [2.05, 4.69) is 205 Å². The molecule has 0 spiro atoms. The van der Waals surface area contributed by atoms with Crippen LogP contribution in [0, 0.1) is 0 Å². The molecule has 5 nitrogen and oxygen atoms in total. The Kier molecular flexibility index (Phi) is 7.31. The first kappa shape index (κ1) is 34.0. The Bertz CT molecular complexity index is 3090. The lowest BCUT2D eigenvalue weighted by atomic mass is 9.60. The van der Waals surface area contributed by atoms with E-state index in [4.69, 9.17) is 9.72 Å². The molecule has 0 amide bonds. The summed E-state index contributed by atoms with van der Waals surface area (Å²) < 4.78 is 9.42. The molecule has 0 fully saturated rings. The highest BCUT2D eigenvalue weighted by Crippen LogP contribution is 2.60. The zero-order chi connectivity index (χ0) is 39.4. The van der Waals surface area contributed by atoms with Crippen LogP contribution in [0.25, 0.3) is 27.6 Å². The van der Waals surface area contributed by atoms with Crippen LogP contribution in [0.2, 0.25) is 0 Å². The molecule has 59 heavy (non-hydrogen) atoms. The van der Waals surface area contributed by atoms with Gasteiger partial charge in [-0.1, -0.05) is 118 Å². The van der Waals surface area contributed by atoms with Gasteiger partial charge in [0.2, 0.25) is 0 Å². The lowest BCUT2D eigenvalue weighted by molar-refractivity contribution is 0.481. The van der Waals surface area contributed by atoms with Crippen molar-refractivity contribution in [3.63, 3.8) is 0 Å². The van der Waals surface area contributed by atoms with E-state index in [1.165, 1.54) is 72.5 Å². The average molecular weight is 763 g/mol. The fourth-order valence-electron chi connectivity index (χ4n) is 10.2. The number of benzene rings is 7. The first-order chi connectivity index (χ1) is 28.9. The van der Waals surface area contributed by atoms with Crippen LogP contribution in [0.3, 0.4) is 0 Å². The zero-order valence-corrected chi connectivity index (χ0v) is 33.3. The van der Waals surface area contributed by atoms with Crippen molar-refractivity contribution in [2.24, 2.45) is 0 Å². The number of anilines is 4. The third-order valence-corrected chi connectivity index (χ3v) is 12.8. The van der Waals surface area contributed by atoms with E-state index in [9.17, 15) is 0 Å². The van der Waals surface area contributed by atoms with Gasteiger partial charge in [-0.3, -0.25) is 4.57 Å². The van der Waals surface area contributed by atoms with Crippen molar-refractivity contribution in [2.75, 3.05) is 16.5 Å². The maximum atomic E-state index is 7.13. The minimum Gasteiger partial charge on any atom is -0.457 e. The molecule has 5 heteroatoms. The normalized spacial score (nSPS) is 16.3. The topological polar surface area (TPSA) is 33.5 Å². The largest absolute Gasteiger partial charge is 0.457 e. The van der Waals surface area contributed by atoms with Gasteiger partial charge in [0, 0.05) is 46.6 Å². The molecule has 0 radical (unpaired) electrons. The molecule has 0 N–H and O–H groups in total. The molecule has 0 atom stereocenters. The fourth-order valence-corrected chi connectivity index (χ4v) is 10.2. The summed E-state index contributed by atoms with van der Waals surface area (Å²) in [5.41, 5.74) is 16.4. The molecule has 7 aromatic carbocycles. The number of nitrogens with zero attached hydrogens (tertiary/aromatic N) is 4. The zero-order valence-electron chi connectivity index (χ0n) is 33.3. The minimum atomic E-state index is -0.0106. The van der Waals surface area contributed by atoms with E-state index in [1.54, 1.807) is 0 Å². The number of rotatable bonds is 5. The van der Waals surface area contributed by atoms with E-state index < -0.39 is 0 Å². The second-order valence-corrected chi connectivity index (χ2v) is 17.2. The molecular formula is C54H42N4O. The first-order valence-corrected chi connectivity index (χ1v) is 20.6. The van der Waals surface area contributed by atoms with Gasteiger partial charge in [-0.05, 0) is 105 Å². The lowest BCUT2D eigenvalue weighted by Gasteiger charge is -2.44. The van der Waals surface area contributed by atoms with Crippen LogP contribution < -0.4 is 14.5 Å². The number of ether oxygens (including phenoxy) is 1. The Morgan fingerprint density at radius 1 is 0.508 bits per heavy atom. The van der Waals surface area contributed by atoms with Gasteiger partial charge in [0.25, 0.3) is 0 Å². The standard InChI is InChI=1S/C54H42N4O/c1-54(2,3)34-27-28-55-50(29-34)58-45-22-12-11-17-38(45)39-26-25-36(31-48(39)58)59-37-30-44-51-40-18-7-9-20-42(40)52(43-21-10-8-19-41(43)51)53(44)49(32-37)57-33-56(35-15-5-4-6-16-35)46-23-13-14-24-47(46)57/h4-32,51-52H,33H2,1-3H3. The summed E-state index contributed by atoms with van der Waals surface area (Å²) >= 11 is 0. The fraction of sp³-hybridized carbons (Fsp3) is 0.130. The van der Waals surface area contributed by atoms with Gasteiger partial charge < -0.3 is 14.5 Å². The van der Waals surface area contributed by atoms with Gasteiger partial charge in [0.15, 0.2) is 0 Å². The second kappa shape index (κ2) is 12.7. The number of aromatic nitrogens is 2. The van der Waals surface area contributed by atoms with Crippen molar-refractivity contribution in [1.29, 1.82) is 0 Å². The molecule has 2 bridgehead atoms. The van der Waals surface area contributed by atoms with E-state index in [0.717, 1.165) is 28.4 Å². The molecule has 0 saturated carbocycles. The molecule has 3 heterocycles. The van der Waals surface area contributed by atoms with Gasteiger partial charge in [0.05, 0.1) is 28.1 Å². The highest BCUT2D eigenvalue weighted by molar-refractivity contribution is 6.09. The smallest absolute Gasteiger partial charge is 0.137 e. The predicted molar refractivity (Wildman–Crippen MR) is 241 cm³/mol. The van der Waals surface area contributed by atoms with E-state index in [0.29, 0.717) is 6.67 Å². The molecule has 13 rings (SSSR count). The number of fused-ring (bicyclic) bond motifs is 4. The van der Waals surface area contributed by atoms with Crippen LogP contribution in [0.5, 0.6) is 11.5 Å². The second-order valence-electron chi connectivity index (χ2n) is 17.2. The summed E-state index contributed by atoms with van der Waals surface area (Å²) in [4.78, 5) is 9.86. The summed E-state index contributed by atoms with van der Waals surface area (Å²) in [6.45, 7) is 7.44. The summed E-state index contributed by atoms with van der Waals surface area (Å²) in [7, 11) is 0. The minimum absolute atomic E-state index is 0.0106. The molecular weight excluding hydrogens is 721 g/mol. The van der Waals surface area contributed by atoms with Crippen LogP contribution >= 0.6 is 0 Å². The van der Waals surface area contributed by atoms with Crippen molar-refractivity contribution in [1.82, 2.24) is 9.55 Å². The summed E-state index contributed by atoms with van der Waals surface area (Å²) in [6, 6.07) is 61.8. The molecule has 3 aliphatic carbocycles. The molecule has 284 valence electrons. The maximum Gasteiger partial charge on any atom is 0.137 e. The number of pyridine rings is 1. The van der Waals surface area contributed by atoms with Crippen molar-refractivity contribution < 1.29 is 4.74 Å². The van der Waals surface area contributed by atoms with Crippen LogP contribution in [-0.2, 0) is 5.41 Å². The van der Waals surface area contributed by atoms with Gasteiger partial charge in [-0.25, -0.2) is 4.98 Å². The van der Waals surface area contributed by atoms with Crippen molar-refractivity contribution >= 4 is 44.6 Å². The predicted octanol–water partition coefficient (Wildman–Crippen LogP) is 13.5. The quantitative estimate of drug-likeness (QED) is 0.175. The van der Waals surface area contributed by atoms with Gasteiger partial charge >= 0.3 is 0 Å². The number of hydrogen-bond acceptors (Lipinski definition) is 4. The Hall–Kier alpha value is -7.11.